The molecule has 2 rings (SSSR count). The lowest BCUT2D eigenvalue weighted by molar-refractivity contribution is -0.128. The standard InChI is InChI=1S/C16H18FNO4.C3H6O2/c1-21-14-9-13(17)15(8-12(14)16(19)20)22-11-4-2-10(3-5-11)6-7-18;1-2-5-3-4/h8-11H,2-6H2,1H3,(H,19,20);3H,2H2,1H3. The number of carboxylic acid groups (broad SMARTS) is 1. The van der Waals surface area contributed by atoms with Crippen LogP contribution in [-0.4, -0.2) is 37.4 Å². The van der Waals surface area contributed by atoms with Crippen LogP contribution in [0.25, 0.3) is 0 Å². The molecule has 0 heterocycles. The number of ether oxygens (including phenoxy) is 3. The molecule has 0 spiro atoms. The minimum absolute atomic E-state index is 0.0323. The Morgan fingerprint density at radius 1 is 1.33 bits per heavy atom. The predicted molar refractivity (Wildman–Crippen MR) is 94.2 cm³/mol. The second kappa shape index (κ2) is 11.7. The molecule has 1 fully saturated rings. The molecule has 1 aromatic rings. The number of methoxy groups -OCH3 is 1. The van der Waals surface area contributed by atoms with E-state index in [1.807, 2.05) is 0 Å². The monoisotopic (exact) mass is 381 g/mol. The highest BCUT2D eigenvalue weighted by molar-refractivity contribution is 5.91. The third-order valence-electron chi connectivity index (χ3n) is 4.19. The molecule has 8 heteroatoms. The fourth-order valence-electron chi connectivity index (χ4n) is 2.79. The van der Waals surface area contributed by atoms with E-state index in [1.54, 1.807) is 6.92 Å². The molecular formula is C19H24FNO6. The predicted octanol–water partition coefficient (Wildman–Crippen LogP) is 3.56. The second-order valence-corrected chi connectivity index (χ2v) is 5.96. The molecule has 1 saturated carbocycles. The summed E-state index contributed by atoms with van der Waals surface area (Å²) in [6, 6.07) is 4.36. The molecule has 0 radical (unpaired) electrons. The van der Waals surface area contributed by atoms with Crippen LogP contribution in [0.3, 0.4) is 0 Å². The highest BCUT2D eigenvalue weighted by atomic mass is 19.1. The van der Waals surface area contributed by atoms with E-state index in [-0.39, 0.29) is 23.2 Å². The summed E-state index contributed by atoms with van der Waals surface area (Å²) in [4.78, 5) is 20.3. The molecule has 0 atom stereocenters. The van der Waals surface area contributed by atoms with E-state index >= 15 is 0 Å². The Kier molecular flexibility index (Phi) is 9.65. The first-order valence-electron chi connectivity index (χ1n) is 8.66. The van der Waals surface area contributed by atoms with Gasteiger partial charge in [0.25, 0.3) is 6.47 Å². The van der Waals surface area contributed by atoms with Gasteiger partial charge in [-0.3, -0.25) is 4.79 Å². The number of carboxylic acids is 1. The molecule has 1 N–H and O–H groups in total. The van der Waals surface area contributed by atoms with Crippen molar-refractivity contribution in [2.75, 3.05) is 13.7 Å². The maximum Gasteiger partial charge on any atom is 0.339 e. The van der Waals surface area contributed by atoms with Crippen molar-refractivity contribution in [2.24, 2.45) is 5.92 Å². The number of nitrogens with zero attached hydrogens (tertiary/aromatic N) is 1. The van der Waals surface area contributed by atoms with E-state index in [4.69, 9.17) is 19.8 Å². The molecule has 0 saturated heterocycles. The van der Waals surface area contributed by atoms with E-state index in [9.17, 15) is 14.0 Å². The molecule has 0 bridgehead atoms. The number of rotatable bonds is 7. The molecule has 27 heavy (non-hydrogen) atoms. The van der Waals surface area contributed by atoms with E-state index in [2.05, 4.69) is 10.8 Å². The lowest BCUT2D eigenvalue weighted by Gasteiger charge is -2.28. The minimum atomic E-state index is -1.19. The average Bonchev–Trinajstić information content (AvgIpc) is 2.65. The molecule has 0 aromatic heterocycles. The van der Waals surface area contributed by atoms with Crippen LogP contribution in [0.1, 0.15) is 49.4 Å². The van der Waals surface area contributed by atoms with Gasteiger partial charge in [-0.2, -0.15) is 5.26 Å². The normalized spacial score (nSPS) is 18.3. The van der Waals surface area contributed by atoms with E-state index < -0.39 is 11.8 Å². The number of hydrogen-bond donors (Lipinski definition) is 1. The van der Waals surface area contributed by atoms with Crippen LogP contribution < -0.4 is 9.47 Å². The summed E-state index contributed by atoms with van der Waals surface area (Å²) in [6.07, 6.45) is 3.58. The molecule has 148 valence electrons. The summed E-state index contributed by atoms with van der Waals surface area (Å²) in [5.41, 5.74) is -0.128. The number of carbonyl (C=O) groups excluding carboxylic acids is 1. The summed E-state index contributed by atoms with van der Waals surface area (Å²) in [5, 5.41) is 17.8. The van der Waals surface area contributed by atoms with Crippen LogP contribution in [0.15, 0.2) is 12.1 Å². The Morgan fingerprint density at radius 2 is 2.00 bits per heavy atom. The van der Waals surface area contributed by atoms with Gasteiger partial charge >= 0.3 is 5.97 Å². The average molecular weight is 381 g/mol. The molecule has 0 aliphatic heterocycles. The first-order chi connectivity index (χ1) is 13.0. The SMILES string of the molecule is CCOC=O.COc1cc(F)c(OC2CCC(CC#N)CC2)cc1C(=O)O. The first-order valence-corrected chi connectivity index (χ1v) is 8.66. The lowest BCUT2D eigenvalue weighted by Crippen LogP contribution is -2.24. The van der Waals surface area contributed by atoms with Crippen molar-refractivity contribution < 1.29 is 33.3 Å². The van der Waals surface area contributed by atoms with Gasteiger partial charge in [-0.25, -0.2) is 9.18 Å². The van der Waals surface area contributed by atoms with Crippen molar-refractivity contribution in [1.29, 1.82) is 5.26 Å². The maximum absolute atomic E-state index is 14.0. The largest absolute Gasteiger partial charge is 0.496 e. The third-order valence-corrected chi connectivity index (χ3v) is 4.19. The highest BCUT2D eigenvalue weighted by Gasteiger charge is 2.24. The third kappa shape index (κ3) is 7.13. The Hall–Kier alpha value is -2.82. The van der Waals surface area contributed by atoms with Gasteiger partial charge in [0.1, 0.15) is 11.3 Å². The number of aromatic carboxylic acids is 1. The number of hydrogen-bond acceptors (Lipinski definition) is 6. The molecular weight excluding hydrogens is 357 g/mol. The summed E-state index contributed by atoms with van der Waals surface area (Å²) in [5.74, 6) is -1.56. The van der Waals surface area contributed by atoms with Crippen LogP contribution in [0.4, 0.5) is 4.39 Å². The molecule has 1 aliphatic rings. The fraction of sp³-hybridized carbons (Fsp3) is 0.526. The highest BCUT2D eigenvalue weighted by Crippen LogP contribution is 2.33. The Balaban J connectivity index is 0.000000646. The Morgan fingerprint density at radius 3 is 2.44 bits per heavy atom. The topological polar surface area (TPSA) is 106 Å². The molecule has 7 nitrogen and oxygen atoms in total. The van der Waals surface area contributed by atoms with Gasteiger partial charge in [-0.05, 0) is 38.5 Å². The van der Waals surface area contributed by atoms with Gasteiger partial charge in [0.2, 0.25) is 0 Å². The summed E-state index contributed by atoms with van der Waals surface area (Å²) in [6.45, 7) is 2.66. The van der Waals surface area contributed by atoms with Crippen LogP contribution in [0, 0.1) is 23.1 Å². The lowest BCUT2D eigenvalue weighted by atomic mass is 9.86. The quantitative estimate of drug-likeness (QED) is 0.720. The maximum atomic E-state index is 14.0. The zero-order valence-corrected chi connectivity index (χ0v) is 15.4. The number of carbonyl (C=O) groups is 2. The van der Waals surface area contributed by atoms with Crippen LogP contribution in [-0.2, 0) is 9.53 Å². The zero-order chi connectivity index (χ0) is 20.2. The zero-order valence-electron chi connectivity index (χ0n) is 15.4. The Labute approximate surface area is 157 Å². The molecule has 0 amide bonds. The van der Waals surface area contributed by atoms with Crippen LogP contribution >= 0.6 is 0 Å². The van der Waals surface area contributed by atoms with Gasteiger partial charge in [0, 0.05) is 18.6 Å². The fourth-order valence-corrected chi connectivity index (χ4v) is 2.79. The van der Waals surface area contributed by atoms with Crippen LogP contribution in [0.2, 0.25) is 0 Å². The summed E-state index contributed by atoms with van der Waals surface area (Å²) >= 11 is 0. The van der Waals surface area contributed by atoms with Crippen molar-refractivity contribution in [3.63, 3.8) is 0 Å². The molecule has 1 aliphatic carbocycles. The van der Waals surface area contributed by atoms with E-state index in [0.717, 1.165) is 37.8 Å². The van der Waals surface area contributed by atoms with Gasteiger partial charge in [-0.15, -0.1) is 0 Å². The van der Waals surface area contributed by atoms with Gasteiger partial charge in [-0.1, -0.05) is 0 Å². The molecule has 1 aromatic carbocycles. The van der Waals surface area contributed by atoms with Gasteiger partial charge in [0.05, 0.1) is 25.9 Å². The second-order valence-electron chi connectivity index (χ2n) is 5.96. The van der Waals surface area contributed by atoms with Crippen molar-refractivity contribution in [3.8, 4) is 17.6 Å². The van der Waals surface area contributed by atoms with Gasteiger partial charge in [0.15, 0.2) is 11.6 Å². The van der Waals surface area contributed by atoms with Crippen molar-refractivity contribution in [3.05, 3.63) is 23.5 Å². The number of nitriles is 1. The Bertz CT molecular complexity index is 665. The van der Waals surface area contributed by atoms with Crippen molar-refractivity contribution in [1.82, 2.24) is 0 Å². The smallest absolute Gasteiger partial charge is 0.339 e. The number of halogens is 1. The minimum Gasteiger partial charge on any atom is -0.496 e. The van der Waals surface area contributed by atoms with Gasteiger partial charge < -0.3 is 19.3 Å². The van der Waals surface area contributed by atoms with E-state index in [1.165, 1.54) is 7.11 Å². The number of benzene rings is 1. The van der Waals surface area contributed by atoms with Crippen LogP contribution in [0.5, 0.6) is 11.5 Å². The van der Waals surface area contributed by atoms with Crippen molar-refractivity contribution in [2.45, 2.75) is 45.1 Å². The summed E-state index contributed by atoms with van der Waals surface area (Å²) in [7, 11) is 1.29. The first kappa shape index (κ1) is 22.2. The van der Waals surface area contributed by atoms with E-state index in [0.29, 0.717) is 25.4 Å². The molecule has 0 unspecified atom stereocenters. The summed E-state index contributed by atoms with van der Waals surface area (Å²) < 4.78 is 28.6. The van der Waals surface area contributed by atoms with Crippen molar-refractivity contribution >= 4 is 12.4 Å².